The number of hydrogen-bond acceptors (Lipinski definition) is 2. The summed E-state index contributed by atoms with van der Waals surface area (Å²) >= 11 is 0. The first kappa shape index (κ1) is 17.1. The van der Waals surface area contributed by atoms with Gasteiger partial charge in [0.15, 0.2) is 0 Å². The van der Waals surface area contributed by atoms with Crippen LogP contribution in [0, 0.1) is 11.8 Å². The van der Waals surface area contributed by atoms with Crippen molar-refractivity contribution in [3.63, 3.8) is 0 Å². The van der Waals surface area contributed by atoms with E-state index < -0.39 is 0 Å². The number of carbonyl (C=O) groups is 1. The minimum atomic E-state index is 0.339. The van der Waals surface area contributed by atoms with Gasteiger partial charge in [-0.25, -0.2) is 0 Å². The largest absolute Gasteiger partial charge is 0.497 e. The molecule has 22 heavy (non-hydrogen) atoms. The molecule has 2 rings (SSSR count). The van der Waals surface area contributed by atoms with E-state index >= 15 is 0 Å². The van der Waals surface area contributed by atoms with E-state index in [1.165, 1.54) is 31.2 Å². The van der Waals surface area contributed by atoms with Crippen molar-refractivity contribution in [2.75, 3.05) is 7.11 Å². The molecule has 1 aromatic rings. The molecule has 1 aliphatic carbocycles. The molecule has 0 heterocycles. The van der Waals surface area contributed by atoms with Gasteiger partial charge in [0.2, 0.25) is 0 Å². The molecule has 1 aromatic carbocycles. The van der Waals surface area contributed by atoms with Crippen LogP contribution in [0.1, 0.15) is 70.3 Å². The molecule has 2 nitrogen and oxygen atoms in total. The van der Waals surface area contributed by atoms with Crippen molar-refractivity contribution in [1.82, 2.24) is 0 Å². The lowest BCUT2D eigenvalue weighted by molar-refractivity contribution is -0.126. The molecule has 0 aromatic heterocycles. The highest BCUT2D eigenvalue weighted by Crippen LogP contribution is 2.38. The van der Waals surface area contributed by atoms with Crippen molar-refractivity contribution in [3.05, 3.63) is 29.8 Å². The van der Waals surface area contributed by atoms with E-state index in [0.29, 0.717) is 23.5 Å². The summed E-state index contributed by atoms with van der Waals surface area (Å²) in [5.41, 5.74) is 1.32. The summed E-state index contributed by atoms with van der Waals surface area (Å²) in [6, 6.07) is 8.32. The molecule has 0 amide bonds. The first-order valence-electron chi connectivity index (χ1n) is 8.82. The van der Waals surface area contributed by atoms with E-state index in [0.717, 1.165) is 25.0 Å². The second kappa shape index (κ2) is 8.36. The molecule has 0 radical (unpaired) electrons. The predicted molar refractivity (Wildman–Crippen MR) is 91.4 cm³/mol. The average molecular weight is 302 g/mol. The van der Waals surface area contributed by atoms with Gasteiger partial charge in [0.05, 0.1) is 7.11 Å². The first-order valence-corrected chi connectivity index (χ1v) is 8.82. The standard InChI is InChI=1S/C20H30O2/c1-4-5-6-7-17-8-9-18(14-20(17)21)15(2)16-10-12-19(22-3)13-11-16/h10-13,15,17-18H,4-9,14H2,1-3H3/t15?,17-,18-/m1/s1. The number of hydrogen-bond donors (Lipinski definition) is 0. The average Bonchev–Trinajstić information content (AvgIpc) is 2.56. The summed E-state index contributed by atoms with van der Waals surface area (Å²) in [7, 11) is 1.69. The van der Waals surface area contributed by atoms with Gasteiger partial charge in [0.25, 0.3) is 0 Å². The lowest BCUT2D eigenvalue weighted by Crippen LogP contribution is -2.27. The van der Waals surface area contributed by atoms with Gasteiger partial charge < -0.3 is 4.74 Å². The van der Waals surface area contributed by atoms with Gasteiger partial charge in [-0.15, -0.1) is 0 Å². The van der Waals surface area contributed by atoms with Crippen LogP contribution in [0.2, 0.25) is 0 Å². The van der Waals surface area contributed by atoms with Crippen molar-refractivity contribution in [2.24, 2.45) is 11.8 Å². The Hall–Kier alpha value is -1.31. The normalized spacial score (nSPS) is 23.3. The maximum Gasteiger partial charge on any atom is 0.136 e. The fourth-order valence-electron chi connectivity index (χ4n) is 3.66. The second-order valence-corrected chi connectivity index (χ2v) is 6.76. The van der Waals surface area contributed by atoms with Crippen LogP contribution in [-0.4, -0.2) is 12.9 Å². The molecule has 0 bridgehead atoms. The van der Waals surface area contributed by atoms with Crippen LogP contribution >= 0.6 is 0 Å². The fourth-order valence-corrected chi connectivity index (χ4v) is 3.66. The zero-order chi connectivity index (χ0) is 15.9. The lowest BCUT2D eigenvalue weighted by atomic mass is 9.72. The number of carbonyl (C=O) groups excluding carboxylic acids is 1. The van der Waals surface area contributed by atoms with Crippen molar-refractivity contribution in [3.8, 4) is 5.75 Å². The number of ether oxygens (including phenoxy) is 1. The van der Waals surface area contributed by atoms with Gasteiger partial charge in [0, 0.05) is 12.3 Å². The summed E-state index contributed by atoms with van der Waals surface area (Å²) in [5, 5.41) is 0. The van der Waals surface area contributed by atoms with Gasteiger partial charge in [0.1, 0.15) is 11.5 Å². The Kier molecular flexibility index (Phi) is 6.48. The number of benzene rings is 1. The van der Waals surface area contributed by atoms with Crippen LogP contribution in [0.15, 0.2) is 24.3 Å². The van der Waals surface area contributed by atoms with Crippen LogP contribution in [0.4, 0.5) is 0 Å². The number of rotatable bonds is 7. The molecule has 122 valence electrons. The topological polar surface area (TPSA) is 26.3 Å². The number of ketones is 1. The Morgan fingerprint density at radius 1 is 1.18 bits per heavy atom. The molecule has 0 N–H and O–H groups in total. The van der Waals surface area contributed by atoms with E-state index in [4.69, 9.17) is 4.74 Å². The van der Waals surface area contributed by atoms with Crippen LogP contribution < -0.4 is 4.74 Å². The molecule has 1 unspecified atom stereocenters. The minimum absolute atomic E-state index is 0.339. The third kappa shape index (κ3) is 4.34. The Bertz CT molecular complexity index is 463. The molecule has 0 spiro atoms. The van der Waals surface area contributed by atoms with E-state index in [9.17, 15) is 4.79 Å². The van der Waals surface area contributed by atoms with Crippen molar-refractivity contribution in [1.29, 1.82) is 0 Å². The van der Waals surface area contributed by atoms with Crippen molar-refractivity contribution >= 4 is 5.78 Å². The zero-order valence-electron chi connectivity index (χ0n) is 14.3. The van der Waals surface area contributed by atoms with Crippen molar-refractivity contribution in [2.45, 2.75) is 64.7 Å². The minimum Gasteiger partial charge on any atom is -0.497 e. The highest BCUT2D eigenvalue weighted by molar-refractivity contribution is 5.82. The predicted octanol–water partition coefficient (Wildman–Crippen LogP) is 5.36. The van der Waals surface area contributed by atoms with E-state index in [-0.39, 0.29) is 0 Å². The molecular weight excluding hydrogens is 272 g/mol. The molecule has 3 atom stereocenters. The van der Waals surface area contributed by atoms with Gasteiger partial charge in [-0.05, 0) is 48.8 Å². The summed E-state index contributed by atoms with van der Waals surface area (Å²) in [5.74, 6) is 2.69. The SMILES string of the molecule is CCCCC[C@@H]1CC[C@@H](C(C)c2ccc(OC)cc2)CC1=O. The number of methoxy groups -OCH3 is 1. The Morgan fingerprint density at radius 3 is 2.50 bits per heavy atom. The van der Waals surface area contributed by atoms with Gasteiger partial charge in [-0.2, -0.15) is 0 Å². The zero-order valence-corrected chi connectivity index (χ0v) is 14.3. The third-order valence-corrected chi connectivity index (χ3v) is 5.31. The quantitative estimate of drug-likeness (QED) is 0.633. The first-order chi connectivity index (χ1) is 10.7. The Morgan fingerprint density at radius 2 is 1.91 bits per heavy atom. The molecule has 0 saturated heterocycles. The summed E-state index contributed by atoms with van der Waals surface area (Å²) in [6.07, 6.45) is 7.86. The highest BCUT2D eigenvalue weighted by atomic mass is 16.5. The molecule has 1 aliphatic rings. The van der Waals surface area contributed by atoms with Crippen LogP contribution in [0.3, 0.4) is 0 Å². The fraction of sp³-hybridized carbons (Fsp3) is 0.650. The summed E-state index contributed by atoms with van der Waals surface area (Å²) in [6.45, 7) is 4.48. The van der Waals surface area contributed by atoms with E-state index in [2.05, 4.69) is 26.0 Å². The highest BCUT2D eigenvalue weighted by Gasteiger charge is 2.31. The van der Waals surface area contributed by atoms with Gasteiger partial charge in [-0.1, -0.05) is 45.2 Å². The van der Waals surface area contributed by atoms with Crippen LogP contribution in [0.25, 0.3) is 0 Å². The molecule has 2 heteroatoms. The van der Waals surface area contributed by atoms with Gasteiger partial charge >= 0.3 is 0 Å². The molecular formula is C20H30O2. The summed E-state index contributed by atoms with van der Waals surface area (Å²) in [4.78, 5) is 12.4. The number of unbranched alkanes of at least 4 members (excludes halogenated alkanes) is 2. The maximum absolute atomic E-state index is 12.4. The number of Topliss-reactive ketones (excluding diaryl/α,β-unsaturated/α-hetero) is 1. The Balaban J connectivity index is 1.89. The maximum atomic E-state index is 12.4. The second-order valence-electron chi connectivity index (χ2n) is 6.76. The van der Waals surface area contributed by atoms with E-state index in [1.54, 1.807) is 7.11 Å². The van der Waals surface area contributed by atoms with Crippen molar-refractivity contribution < 1.29 is 9.53 Å². The molecule has 1 fully saturated rings. The smallest absolute Gasteiger partial charge is 0.136 e. The Labute approximate surface area is 135 Å². The molecule has 1 saturated carbocycles. The van der Waals surface area contributed by atoms with Crippen LogP contribution in [-0.2, 0) is 4.79 Å². The van der Waals surface area contributed by atoms with E-state index in [1.807, 2.05) is 12.1 Å². The monoisotopic (exact) mass is 302 g/mol. The summed E-state index contributed by atoms with van der Waals surface area (Å²) < 4.78 is 5.22. The molecule has 0 aliphatic heterocycles. The van der Waals surface area contributed by atoms with Gasteiger partial charge in [-0.3, -0.25) is 4.79 Å². The third-order valence-electron chi connectivity index (χ3n) is 5.31. The van der Waals surface area contributed by atoms with Crippen LogP contribution in [0.5, 0.6) is 5.75 Å². The lowest BCUT2D eigenvalue weighted by Gasteiger charge is -2.31.